The van der Waals surface area contributed by atoms with Crippen molar-refractivity contribution in [2.75, 3.05) is 4.90 Å². The number of hydrogen-bond donors (Lipinski definition) is 3. The van der Waals surface area contributed by atoms with Gasteiger partial charge in [0.05, 0.1) is 11.4 Å². The molecular formula is C28H24N4O4S. The third-order valence-electron chi connectivity index (χ3n) is 6.39. The maximum absolute atomic E-state index is 13.1. The summed E-state index contributed by atoms with van der Waals surface area (Å²) in [4.78, 5) is 14.8. The van der Waals surface area contributed by atoms with Crippen LogP contribution in [-0.4, -0.2) is 25.4 Å². The van der Waals surface area contributed by atoms with Gasteiger partial charge in [0.15, 0.2) is 5.84 Å². The lowest BCUT2D eigenvalue weighted by Crippen LogP contribution is -2.28. The molecule has 5 N–H and O–H groups in total. The Bertz CT molecular complexity index is 1710. The van der Waals surface area contributed by atoms with Crippen molar-refractivity contribution >= 4 is 38.2 Å². The van der Waals surface area contributed by atoms with E-state index in [1.54, 1.807) is 47.4 Å². The highest BCUT2D eigenvalue weighted by molar-refractivity contribution is 7.89. The van der Waals surface area contributed by atoms with E-state index in [1.807, 2.05) is 42.5 Å². The standard InChI is InChI=1S/C28H24N4O4S/c29-28(31-34)22-11-10-19-9-8-18(14-23(19)16-22)17-32-25-13-12-20(15-21(25)4-3-7-27(32)33)24-5-1-2-6-26(24)37(30,35)36/h1-3,5-16,34H,4,17H2,(H2,29,31)(H2,30,35,36). The number of hydrogen-bond acceptors (Lipinski definition) is 5. The average molecular weight is 513 g/mol. The predicted molar refractivity (Wildman–Crippen MR) is 144 cm³/mol. The molecule has 9 heteroatoms. The minimum Gasteiger partial charge on any atom is -0.409 e. The van der Waals surface area contributed by atoms with Crippen LogP contribution in [0.15, 0.2) is 101 Å². The molecule has 0 aromatic heterocycles. The van der Waals surface area contributed by atoms with Gasteiger partial charge >= 0.3 is 0 Å². The quantitative estimate of drug-likeness (QED) is 0.161. The number of carbonyl (C=O) groups is 1. The van der Waals surface area contributed by atoms with Crippen molar-refractivity contribution in [1.82, 2.24) is 0 Å². The van der Waals surface area contributed by atoms with Crippen LogP contribution in [0.25, 0.3) is 21.9 Å². The molecule has 37 heavy (non-hydrogen) atoms. The molecule has 1 aliphatic rings. The number of rotatable bonds is 5. The molecule has 0 saturated heterocycles. The summed E-state index contributed by atoms with van der Waals surface area (Å²) < 4.78 is 24.3. The van der Waals surface area contributed by atoms with Gasteiger partial charge in [-0.3, -0.25) is 4.79 Å². The van der Waals surface area contributed by atoms with Gasteiger partial charge in [-0.05, 0) is 70.3 Å². The van der Waals surface area contributed by atoms with E-state index in [0.29, 0.717) is 29.7 Å². The Kier molecular flexibility index (Phi) is 6.24. The van der Waals surface area contributed by atoms with E-state index in [0.717, 1.165) is 27.6 Å². The zero-order valence-corrected chi connectivity index (χ0v) is 20.5. The molecule has 0 bridgehead atoms. The molecule has 0 unspecified atom stereocenters. The Morgan fingerprint density at radius 2 is 1.76 bits per heavy atom. The summed E-state index contributed by atoms with van der Waals surface area (Å²) in [5.74, 6) is -0.129. The summed E-state index contributed by atoms with van der Waals surface area (Å²) in [7, 11) is -3.91. The number of primary sulfonamides is 1. The third-order valence-corrected chi connectivity index (χ3v) is 7.36. The van der Waals surface area contributed by atoms with Crippen LogP contribution in [0.2, 0.25) is 0 Å². The van der Waals surface area contributed by atoms with Gasteiger partial charge in [-0.15, -0.1) is 0 Å². The van der Waals surface area contributed by atoms with Gasteiger partial charge in [0.1, 0.15) is 0 Å². The Labute approximate surface area is 214 Å². The Hall–Kier alpha value is -4.47. The van der Waals surface area contributed by atoms with Crippen molar-refractivity contribution in [3.63, 3.8) is 0 Å². The topological polar surface area (TPSA) is 139 Å². The van der Waals surface area contributed by atoms with Gasteiger partial charge in [0.25, 0.3) is 5.91 Å². The Balaban J connectivity index is 1.53. The number of amidine groups is 1. The monoisotopic (exact) mass is 512 g/mol. The number of nitrogens with zero attached hydrogens (tertiary/aromatic N) is 2. The minimum atomic E-state index is -3.91. The fourth-order valence-corrected chi connectivity index (χ4v) is 5.35. The number of carbonyl (C=O) groups excluding carboxylic acids is 1. The first-order valence-corrected chi connectivity index (χ1v) is 13.0. The molecule has 1 amide bonds. The van der Waals surface area contributed by atoms with Crippen molar-refractivity contribution in [1.29, 1.82) is 0 Å². The molecule has 1 aliphatic heterocycles. The molecule has 1 heterocycles. The summed E-state index contributed by atoms with van der Waals surface area (Å²) in [6.07, 6.45) is 3.87. The first-order chi connectivity index (χ1) is 17.7. The SMILES string of the molecule is N/C(=N\O)c1ccc2ccc(CN3C(=O)C=CCc4cc(-c5ccccc5S(N)(=O)=O)ccc43)cc2c1. The van der Waals surface area contributed by atoms with Crippen LogP contribution in [0, 0.1) is 0 Å². The number of anilines is 1. The highest BCUT2D eigenvalue weighted by Crippen LogP contribution is 2.33. The summed E-state index contributed by atoms with van der Waals surface area (Å²) in [6, 6.07) is 23.5. The van der Waals surface area contributed by atoms with Crippen LogP contribution in [0.5, 0.6) is 0 Å². The lowest BCUT2D eigenvalue weighted by molar-refractivity contribution is -0.114. The number of oxime groups is 1. The molecule has 0 fully saturated rings. The highest BCUT2D eigenvalue weighted by Gasteiger charge is 2.22. The lowest BCUT2D eigenvalue weighted by atomic mass is 9.99. The van der Waals surface area contributed by atoms with Crippen LogP contribution in [0.4, 0.5) is 5.69 Å². The molecule has 0 atom stereocenters. The minimum absolute atomic E-state index is 0.0221. The predicted octanol–water partition coefficient (Wildman–Crippen LogP) is 3.89. The summed E-state index contributed by atoms with van der Waals surface area (Å²) in [6.45, 7) is 0.326. The maximum atomic E-state index is 13.1. The molecule has 0 spiro atoms. The number of benzene rings is 4. The molecular weight excluding hydrogens is 488 g/mol. The zero-order chi connectivity index (χ0) is 26.2. The molecule has 8 nitrogen and oxygen atoms in total. The van der Waals surface area contributed by atoms with Gasteiger partial charge < -0.3 is 15.8 Å². The van der Waals surface area contributed by atoms with Gasteiger partial charge in [-0.2, -0.15) is 0 Å². The summed E-state index contributed by atoms with van der Waals surface area (Å²) in [5, 5.41) is 19.4. The molecule has 0 saturated carbocycles. The van der Waals surface area contributed by atoms with Crippen molar-refractivity contribution in [2.45, 2.75) is 17.9 Å². The molecule has 0 radical (unpaired) electrons. The third kappa shape index (κ3) is 4.82. The van der Waals surface area contributed by atoms with E-state index in [9.17, 15) is 13.2 Å². The highest BCUT2D eigenvalue weighted by atomic mass is 32.2. The zero-order valence-electron chi connectivity index (χ0n) is 19.7. The second-order valence-corrected chi connectivity index (χ2v) is 10.3. The maximum Gasteiger partial charge on any atom is 0.250 e. The van der Waals surface area contributed by atoms with Crippen molar-refractivity contribution < 1.29 is 18.4 Å². The van der Waals surface area contributed by atoms with Crippen LogP contribution in [0.1, 0.15) is 16.7 Å². The lowest BCUT2D eigenvalue weighted by Gasteiger charge is -2.24. The van der Waals surface area contributed by atoms with Crippen molar-refractivity contribution in [3.8, 4) is 11.1 Å². The molecule has 4 aromatic rings. The first kappa shape index (κ1) is 24.2. The van der Waals surface area contributed by atoms with Crippen LogP contribution in [-0.2, 0) is 27.8 Å². The fraction of sp³-hybridized carbons (Fsp3) is 0.0714. The van der Waals surface area contributed by atoms with E-state index in [4.69, 9.17) is 16.1 Å². The number of sulfonamides is 1. The Morgan fingerprint density at radius 1 is 0.973 bits per heavy atom. The first-order valence-electron chi connectivity index (χ1n) is 11.5. The Morgan fingerprint density at radius 3 is 2.54 bits per heavy atom. The number of amides is 1. The van der Waals surface area contributed by atoms with Crippen LogP contribution < -0.4 is 15.8 Å². The average Bonchev–Trinajstić information content (AvgIpc) is 3.05. The molecule has 186 valence electrons. The summed E-state index contributed by atoms with van der Waals surface area (Å²) in [5.41, 5.74) is 10.1. The van der Waals surface area contributed by atoms with E-state index in [-0.39, 0.29) is 16.6 Å². The van der Waals surface area contributed by atoms with E-state index in [1.165, 1.54) is 6.07 Å². The van der Waals surface area contributed by atoms with E-state index < -0.39 is 10.0 Å². The van der Waals surface area contributed by atoms with E-state index in [2.05, 4.69) is 5.16 Å². The molecule has 4 aromatic carbocycles. The van der Waals surface area contributed by atoms with Gasteiger partial charge in [-0.25, -0.2) is 13.6 Å². The number of fused-ring (bicyclic) bond motifs is 2. The largest absolute Gasteiger partial charge is 0.409 e. The summed E-state index contributed by atoms with van der Waals surface area (Å²) >= 11 is 0. The number of nitrogens with two attached hydrogens (primary N) is 2. The van der Waals surface area contributed by atoms with Crippen molar-refractivity contribution in [3.05, 3.63) is 108 Å². The van der Waals surface area contributed by atoms with Gasteiger partial charge in [0.2, 0.25) is 10.0 Å². The second-order valence-electron chi connectivity index (χ2n) is 8.80. The van der Waals surface area contributed by atoms with Crippen LogP contribution >= 0.6 is 0 Å². The van der Waals surface area contributed by atoms with Crippen LogP contribution in [0.3, 0.4) is 0 Å². The normalized spacial score (nSPS) is 14.0. The molecule has 5 rings (SSSR count). The fourth-order valence-electron chi connectivity index (χ4n) is 4.59. The second kappa shape index (κ2) is 9.53. The number of allylic oxidation sites excluding steroid dienone is 1. The smallest absolute Gasteiger partial charge is 0.250 e. The van der Waals surface area contributed by atoms with Gasteiger partial charge in [-0.1, -0.05) is 59.8 Å². The van der Waals surface area contributed by atoms with Crippen molar-refractivity contribution in [2.24, 2.45) is 16.0 Å². The van der Waals surface area contributed by atoms with E-state index >= 15 is 0 Å². The van der Waals surface area contributed by atoms with Gasteiger partial charge in [0, 0.05) is 16.8 Å². The molecule has 0 aliphatic carbocycles.